The van der Waals surface area contributed by atoms with E-state index in [-0.39, 0.29) is 5.91 Å². The number of nitrogens with zero attached hydrogens (tertiary/aromatic N) is 2. The number of carbonyl (C=O) groups is 1. The zero-order valence-electron chi connectivity index (χ0n) is 11.1. The van der Waals surface area contributed by atoms with Crippen LogP contribution in [0.15, 0.2) is 18.5 Å². The fraction of sp³-hybridized carbons (Fsp3) is 0.538. The van der Waals surface area contributed by atoms with Crippen molar-refractivity contribution in [1.29, 1.82) is 0 Å². The highest BCUT2D eigenvalue weighted by Gasteiger charge is 2.24. The maximum Gasteiger partial charge on any atom is 0.257 e. The predicted molar refractivity (Wildman–Crippen MR) is 72.6 cm³/mol. The standard InChI is InChI=1S/C13H20N4O2/c1-19-9-10-3-6-17(7-4-10)13(18)11-8-15-5-2-12(11)16-14/h2,5,8,10H,3-4,6-7,9,14H2,1H3,(H,15,16). The molecule has 0 aliphatic carbocycles. The van der Waals surface area contributed by atoms with E-state index in [2.05, 4.69) is 10.4 Å². The Morgan fingerprint density at radius 3 is 2.95 bits per heavy atom. The Hall–Kier alpha value is -1.66. The van der Waals surface area contributed by atoms with Gasteiger partial charge in [0.1, 0.15) is 0 Å². The van der Waals surface area contributed by atoms with Gasteiger partial charge in [0, 0.05) is 39.2 Å². The van der Waals surface area contributed by atoms with Crippen LogP contribution in [0, 0.1) is 5.92 Å². The molecule has 3 N–H and O–H groups in total. The van der Waals surface area contributed by atoms with Crippen molar-refractivity contribution in [1.82, 2.24) is 9.88 Å². The van der Waals surface area contributed by atoms with E-state index in [1.165, 1.54) is 0 Å². The first-order valence-electron chi connectivity index (χ1n) is 6.45. The van der Waals surface area contributed by atoms with E-state index >= 15 is 0 Å². The SMILES string of the molecule is COCC1CCN(C(=O)c2cnccc2NN)CC1. The molecule has 6 nitrogen and oxygen atoms in total. The number of aromatic nitrogens is 1. The van der Waals surface area contributed by atoms with Crippen molar-refractivity contribution in [2.45, 2.75) is 12.8 Å². The first-order valence-corrected chi connectivity index (χ1v) is 6.45. The Morgan fingerprint density at radius 1 is 1.58 bits per heavy atom. The molecular weight excluding hydrogens is 244 g/mol. The van der Waals surface area contributed by atoms with Crippen molar-refractivity contribution in [3.63, 3.8) is 0 Å². The minimum Gasteiger partial charge on any atom is -0.384 e. The number of nitrogens with one attached hydrogen (secondary N) is 1. The van der Waals surface area contributed by atoms with Crippen LogP contribution in [-0.4, -0.2) is 42.6 Å². The van der Waals surface area contributed by atoms with E-state index in [4.69, 9.17) is 10.6 Å². The molecule has 1 fully saturated rings. The number of hydrazine groups is 1. The lowest BCUT2D eigenvalue weighted by Crippen LogP contribution is -2.39. The maximum atomic E-state index is 12.4. The second-order valence-electron chi connectivity index (χ2n) is 4.76. The third-order valence-corrected chi connectivity index (χ3v) is 3.51. The number of ether oxygens (including phenoxy) is 1. The quantitative estimate of drug-likeness (QED) is 0.623. The first kappa shape index (κ1) is 13.8. The molecule has 0 saturated carbocycles. The van der Waals surface area contributed by atoms with Gasteiger partial charge in [0.05, 0.1) is 11.3 Å². The summed E-state index contributed by atoms with van der Waals surface area (Å²) in [4.78, 5) is 18.2. The fourth-order valence-electron chi connectivity index (χ4n) is 2.40. The van der Waals surface area contributed by atoms with Crippen LogP contribution in [0.2, 0.25) is 0 Å². The van der Waals surface area contributed by atoms with Gasteiger partial charge in [0.2, 0.25) is 0 Å². The molecule has 2 heterocycles. The average Bonchev–Trinajstić information content (AvgIpc) is 2.47. The average molecular weight is 264 g/mol. The number of carbonyl (C=O) groups excluding carboxylic acids is 1. The Bertz CT molecular complexity index is 430. The molecule has 6 heteroatoms. The largest absolute Gasteiger partial charge is 0.384 e. The van der Waals surface area contributed by atoms with Crippen molar-refractivity contribution in [3.8, 4) is 0 Å². The van der Waals surface area contributed by atoms with Gasteiger partial charge in [-0.2, -0.15) is 0 Å². The van der Waals surface area contributed by atoms with Gasteiger partial charge in [-0.15, -0.1) is 0 Å². The number of amides is 1. The molecule has 1 saturated heterocycles. The molecule has 1 aromatic heterocycles. The van der Waals surface area contributed by atoms with Crippen LogP contribution in [-0.2, 0) is 4.74 Å². The normalized spacial score (nSPS) is 16.4. The topological polar surface area (TPSA) is 80.5 Å². The van der Waals surface area contributed by atoms with Gasteiger partial charge in [-0.05, 0) is 24.8 Å². The van der Waals surface area contributed by atoms with Gasteiger partial charge in [0.15, 0.2) is 0 Å². The van der Waals surface area contributed by atoms with Crippen LogP contribution in [0.4, 0.5) is 5.69 Å². The van der Waals surface area contributed by atoms with E-state index in [0.29, 0.717) is 17.2 Å². The summed E-state index contributed by atoms with van der Waals surface area (Å²) in [7, 11) is 1.71. The molecule has 104 valence electrons. The third-order valence-electron chi connectivity index (χ3n) is 3.51. The predicted octanol–water partition coefficient (Wildman–Crippen LogP) is 0.866. The van der Waals surface area contributed by atoms with E-state index in [1.807, 2.05) is 4.90 Å². The third kappa shape index (κ3) is 3.21. The number of piperidine rings is 1. The number of rotatable bonds is 4. The van der Waals surface area contributed by atoms with Gasteiger partial charge in [-0.1, -0.05) is 0 Å². The summed E-state index contributed by atoms with van der Waals surface area (Å²) < 4.78 is 5.16. The zero-order valence-corrected chi connectivity index (χ0v) is 11.1. The van der Waals surface area contributed by atoms with E-state index in [1.54, 1.807) is 25.6 Å². The highest BCUT2D eigenvalue weighted by Crippen LogP contribution is 2.21. The van der Waals surface area contributed by atoms with Crippen molar-refractivity contribution in [2.75, 3.05) is 32.2 Å². The smallest absolute Gasteiger partial charge is 0.257 e. The van der Waals surface area contributed by atoms with Crippen LogP contribution >= 0.6 is 0 Å². The molecule has 0 atom stereocenters. The van der Waals surface area contributed by atoms with Crippen LogP contribution in [0.5, 0.6) is 0 Å². The van der Waals surface area contributed by atoms with Crippen LogP contribution < -0.4 is 11.3 Å². The van der Waals surface area contributed by atoms with Crippen molar-refractivity contribution >= 4 is 11.6 Å². The van der Waals surface area contributed by atoms with Crippen molar-refractivity contribution in [3.05, 3.63) is 24.0 Å². The summed E-state index contributed by atoms with van der Waals surface area (Å²) >= 11 is 0. The number of pyridine rings is 1. The van der Waals surface area contributed by atoms with Crippen molar-refractivity contribution in [2.24, 2.45) is 11.8 Å². The van der Waals surface area contributed by atoms with Crippen molar-refractivity contribution < 1.29 is 9.53 Å². The Kier molecular flexibility index (Phi) is 4.70. The zero-order chi connectivity index (χ0) is 13.7. The molecule has 1 amide bonds. The number of hydrogen-bond donors (Lipinski definition) is 2. The summed E-state index contributed by atoms with van der Waals surface area (Å²) in [5, 5.41) is 0. The van der Waals surface area contributed by atoms with Crippen LogP contribution in [0.25, 0.3) is 0 Å². The molecular formula is C13H20N4O2. The highest BCUT2D eigenvalue weighted by molar-refractivity contribution is 5.99. The lowest BCUT2D eigenvalue weighted by molar-refractivity contribution is 0.0614. The Balaban J connectivity index is 2.01. The van der Waals surface area contributed by atoms with E-state index in [9.17, 15) is 4.79 Å². The monoisotopic (exact) mass is 264 g/mol. The fourth-order valence-corrected chi connectivity index (χ4v) is 2.40. The maximum absolute atomic E-state index is 12.4. The summed E-state index contributed by atoms with van der Waals surface area (Å²) in [5.41, 5.74) is 3.67. The molecule has 0 spiro atoms. The first-order chi connectivity index (χ1) is 9.26. The Morgan fingerprint density at radius 2 is 2.32 bits per heavy atom. The molecule has 1 aliphatic heterocycles. The molecule has 0 bridgehead atoms. The number of anilines is 1. The molecule has 0 unspecified atom stereocenters. The highest BCUT2D eigenvalue weighted by atomic mass is 16.5. The van der Waals surface area contributed by atoms with E-state index < -0.39 is 0 Å². The number of likely N-dealkylation sites (tertiary alicyclic amines) is 1. The summed E-state index contributed by atoms with van der Waals surface area (Å²) in [6.07, 6.45) is 5.12. The van der Waals surface area contributed by atoms with Gasteiger partial charge >= 0.3 is 0 Å². The number of hydrogen-bond acceptors (Lipinski definition) is 5. The van der Waals surface area contributed by atoms with Gasteiger partial charge in [-0.25, -0.2) is 0 Å². The summed E-state index contributed by atoms with van der Waals surface area (Å²) in [5.74, 6) is 5.95. The Labute approximate surface area is 112 Å². The lowest BCUT2D eigenvalue weighted by atomic mass is 9.97. The molecule has 1 aliphatic rings. The number of nitrogen functional groups attached to an aromatic ring is 1. The number of nitrogens with two attached hydrogens (primary N) is 1. The van der Waals surface area contributed by atoms with Gasteiger partial charge in [-0.3, -0.25) is 15.6 Å². The molecule has 2 rings (SSSR count). The number of methoxy groups -OCH3 is 1. The lowest BCUT2D eigenvalue weighted by Gasteiger charge is -2.32. The molecule has 1 aromatic rings. The second-order valence-corrected chi connectivity index (χ2v) is 4.76. The minimum atomic E-state index is -0.0167. The van der Waals surface area contributed by atoms with Gasteiger partial charge < -0.3 is 15.1 Å². The van der Waals surface area contributed by atoms with Crippen LogP contribution in [0.3, 0.4) is 0 Å². The second kappa shape index (κ2) is 6.49. The summed E-state index contributed by atoms with van der Waals surface area (Å²) in [6, 6.07) is 1.70. The minimum absolute atomic E-state index is 0.0167. The van der Waals surface area contributed by atoms with E-state index in [0.717, 1.165) is 32.5 Å². The molecule has 0 aromatic carbocycles. The summed E-state index contributed by atoms with van der Waals surface area (Å²) in [6.45, 7) is 2.28. The molecule has 19 heavy (non-hydrogen) atoms. The van der Waals surface area contributed by atoms with Gasteiger partial charge in [0.25, 0.3) is 5.91 Å². The molecule has 0 radical (unpaired) electrons. The van der Waals surface area contributed by atoms with Crippen LogP contribution in [0.1, 0.15) is 23.2 Å².